The number of nitrogens with zero attached hydrogens (tertiary/aromatic N) is 4. The zero-order chi connectivity index (χ0) is 24.9. The minimum atomic E-state index is -0.449. The molecule has 0 radical (unpaired) electrons. The van der Waals surface area contributed by atoms with Crippen molar-refractivity contribution < 1.29 is 18.1 Å². The lowest BCUT2D eigenvalue weighted by atomic mass is 10.0. The second-order valence-corrected chi connectivity index (χ2v) is 9.53. The van der Waals surface area contributed by atoms with Crippen LogP contribution in [0.25, 0.3) is 11.3 Å². The van der Waals surface area contributed by atoms with Gasteiger partial charge in [-0.15, -0.1) is 0 Å². The number of hydrogen-bond donors (Lipinski definition) is 0. The highest BCUT2D eigenvalue weighted by atomic mass is 19.1. The van der Waals surface area contributed by atoms with Crippen LogP contribution in [0.15, 0.2) is 53.1 Å². The molecule has 8 heteroatoms. The largest absolute Gasteiger partial charge is 0.338 e. The van der Waals surface area contributed by atoms with Gasteiger partial charge in [-0.3, -0.25) is 4.79 Å². The summed E-state index contributed by atoms with van der Waals surface area (Å²) in [5.74, 6) is -0.0265. The summed E-state index contributed by atoms with van der Waals surface area (Å²) in [7, 11) is 2.08. The number of amides is 1. The van der Waals surface area contributed by atoms with Gasteiger partial charge in [0.05, 0.1) is 12.1 Å². The smallest absolute Gasteiger partial charge is 0.254 e. The maximum atomic E-state index is 13.9. The van der Waals surface area contributed by atoms with Gasteiger partial charge in [-0.25, -0.2) is 8.78 Å². The Morgan fingerprint density at radius 1 is 1.06 bits per heavy atom. The van der Waals surface area contributed by atoms with Gasteiger partial charge in [0.15, 0.2) is 0 Å². The van der Waals surface area contributed by atoms with Crippen LogP contribution in [0.4, 0.5) is 14.7 Å². The van der Waals surface area contributed by atoms with Crippen molar-refractivity contribution in [3.63, 3.8) is 0 Å². The van der Waals surface area contributed by atoms with Gasteiger partial charge in [-0.05, 0) is 61.9 Å². The van der Waals surface area contributed by atoms with E-state index in [4.69, 9.17) is 4.52 Å². The Labute approximate surface area is 205 Å². The summed E-state index contributed by atoms with van der Waals surface area (Å²) in [5, 5.41) is 4.35. The van der Waals surface area contributed by atoms with E-state index in [-0.39, 0.29) is 18.3 Å². The number of likely N-dealkylation sites (N-methyl/N-ethyl adjacent to an activating group) is 1. The zero-order valence-electron chi connectivity index (χ0n) is 20.5. The average Bonchev–Trinajstić information content (AvgIpc) is 3.25. The number of halogens is 2. The summed E-state index contributed by atoms with van der Waals surface area (Å²) in [6.07, 6.45) is 0.794. The van der Waals surface area contributed by atoms with Crippen LogP contribution in [0, 0.1) is 17.6 Å². The molecule has 0 aliphatic carbocycles. The molecule has 35 heavy (non-hydrogen) atoms. The summed E-state index contributed by atoms with van der Waals surface area (Å²) < 4.78 is 33.4. The minimum absolute atomic E-state index is 0.249. The number of rotatable bonds is 8. The number of carbonyl (C=O) groups excluding carboxylic acids is 1. The van der Waals surface area contributed by atoms with Gasteiger partial charge in [-0.1, -0.05) is 25.1 Å². The molecular formula is C27H32F2N4O2. The van der Waals surface area contributed by atoms with Gasteiger partial charge >= 0.3 is 0 Å². The first-order chi connectivity index (χ1) is 16.8. The Kier molecular flexibility index (Phi) is 7.80. The molecular weight excluding hydrogens is 450 g/mol. The third-order valence-electron chi connectivity index (χ3n) is 6.36. The van der Waals surface area contributed by atoms with Crippen LogP contribution in [-0.2, 0) is 6.54 Å². The quantitative estimate of drug-likeness (QED) is 0.449. The summed E-state index contributed by atoms with van der Waals surface area (Å²) in [6, 6.07) is 11.9. The van der Waals surface area contributed by atoms with Crippen molar-refractivity contribution in [3.8, 4) is 11.3 Å². The van der Waals surface area contributed by atoms with E-state index in [1.807, 2.05) is 0 Å². The van der Waals surface area contributed by atoms with E-state index in [0.29, 0.717) is 35.2 Å². The van der Waals surface area contributed by atoms with Gasteiger partial charge in [0.1, 0.15) is 17.3 Å². The highest BCUT2D eigenvalue weighted by Gasteiger charge is 2.28. The highest BCUT2D eigenvalue weighted by molar-refractivity contribution is 5.94. The third kappa shape index (κ3) is 6.06. The lowest BCUT2D eigenvalue weighted by molar-refractivity contribution is 0.0735. The average molecular weight is 483 g/mol. The summed E-state index contributed by atoms with van der Waals surface area (Å²) in [5.41, 5.74) is 2.37. The second-order valence-electron chi connectivity index (χ2n) is 9.53. The first-order valence-electron chi connectivity index (χ1n) is 12.0. The molecule has 0 saturated carbocycles. The molecule has 0 bridgehead atoms. The molecule has 4 rings (SSSR count). The number of piperazine rings is 1. The zero-order valence-corrected chi connectivity index (χ0v) is 20.5. The van der Waals surface area contributed by atoms with Crippen molar-refractivity contribution in [3.05, 3.63) is 71.3 Å². The molecule has 0 N–H and O–H groups in total. The molecule has 0 unspecified atom stereocenters. The van der Waals surface area contributed by atoms with Gasteiger partial charge < -0.3 is 19.2 Å². The maximum Gasteiger partial charge on any atom is 0.254 e. The van der Waals surface area contributed by atoms with Gasteiger partial charge in [-0.2, -0.15) is 0 Å². The number of carbonyl (C=O) groups is 1. The molecule has 1 saturated heterocycles. The second kappa shape index (κ2) is 11.0. The van der Waals surface area contributed by atoms with Crippen LogP contribution < -0.4 is 4.90 Å². The van der Waals surface area contributed by atoms with E-state index in [1.54, 1.807) is 29.2 Å². The highest BCUT2D eigenvalue weighted by Crippen LogP contribution is 2.33. The van der Waals surface area contributed by atoms with E-state index in [9.17, 15) is 13.6 Å². The monoisotopic (exact) mass is 482 g/mol. The van der Waals surface area contributed by atoms with E-state index in [0.717, 1.165) is 38.2 Å². The SMILES string of the molecule is CC(C)CCN(Cc1c(-c2ccc(F)cc2)noc1N1CCN(C)CC1)C(=O)c1cccc(F)c1. The van der Waals surface area contributed by atoms with Crippen molar-refractivity contribution in [1.82, 2.24) is 15.0 Å². The van der Waals surface area contributed by atoms with Gasteiger partial charge in [0.25, 0.3) is 5.91 Å². The Hall–Kier alpha value is -3.26. The third-order valence-corrected chi connectivity index (χ3v) is 6.36. The summed E-state index contributed by atoms with van der Waals surface area (Å²) in [4.78, 5) is 19.6. The fraction of sp³-hybridized carbons (Fsp3) is 0.407. The van der Waals surface area contributed by atoms with E-state index in [1.165, 1.54) is 24.3 Å². The predicted octanol–water partition coefficient (Wildman–Crippen LogP) is 5.06. The van der Waals surface area contributed by atoms with Gasteiger partial charge in [0, 0.05) is 43.9 Å². The van der Waals surface area contributed by atoms with Crippen molar-refractivity contribution in [2.24, 2.45) is 5.92 Å². The van der Waals surface area contributed by atoms with Crippen LogP contribution in [0.3, 0.4) is 0 Å². The molecule has 1 aromatic heterocycles. The van der Waals surface area contributed by atoms with E-state index in [2.05, 4.69) is 35.9 Å². The minimum Gasteiger partial charge on any atom is -0.338 e. The number of benzene rings is 2. The van der Waals surface area contributed by atoms with Crippen molar-refractivity contribution in [2.75, 3.05) is 44.7 Å². The van der Waals surface area contributed by atoms with Crippen LogP contribution >= 0.6 is 0 Å². The molecule has 0 spiro atoms. The van der Waals surface area contributed by atoms with Crippen molar-refractivity contribution in [2.45, 2.75) is 26.8 Å². The normalized spacial score (nSPS) is 14.5. The van der Waals surface area contributed by atoms with Gasteiger partial charge in [0.2, 0.25) is 5.88 Å². The topological polar surface area (TPSA) is 52.8 Å². The van der Waals surface area contributed by atoms with Crippen molar-refractivity contribution in [1.29, 1.82) is 0 Å². The fourth-order valence-electron chi connectivity index (χ4n) is 4.20. The molecule has 2 aromatic carbocycles. The lowest BCUT2D eigenvalue weighted by Crippen LogP contribution is -2.45. The predicted molar refractivity (Wildman–Crippen MR) is 132 cm³/mol. The Bertz CT molecular complexity index is 1140. The van der Waals surface area contributed by atoms with Crippen molar-refractivity contribution >= 4 is 11.8 Å². The number of hydrogen-bond acceptors (Lipinski definition) is 5. The molecule has 1 aliphatic heterocycles. The number of aromatic nitrogens is 1. The molecule has 1 amide bonds. The van der Waals surface area contributed by atoms with Crippen LogP contribution in [-0.4, -0.2) is 60.6 Å². The summed E-state index contributed by atoms with van der Waals surface area (Å²) >= 11 is 0. The molecule has 1 aliphatic rings. The van der Waals surface area contributed by atoms with E-state index >= 15 is 0 Å². The summed E-state index contributed by atoms with van der Waals surface area (Å²) in [6.45, 7) is 8.25. The first-order valence-corrected chi connectivity index (χ1v) is 12.0. The number of anilines is 1. The molecule has 2 heterocycles. The van der Waals surface area contributed by atoms with Crippen LogP contribution in [0.2, 0.25) is 0 Å². The Morgan fingerprint density at radius 3 is 2.43 bits per heavy atom. The Balaban J connectivity index is 1.72. The molecule has 0 atom stereocenters. The van der Waals surface area contributed by atoms with Crippen LogP contribution in [0.5, 0.6) is 0 Å². The fourth-order valence-corrected chi connectivity index (χ4v) is 4.20. The molecule has 186 valence electrons. The van der Waals surface area contributed by atoms with Crippen LogP contribution in [0.1, 0.15) is 36.2 Å². The Morgan fingerprint density at radius 2 is 1.77 bits per heavy atom. The molecule has 3 aromatic rings. The maximum absolute atomic E-state index is 13.9. The lowest BCUT2D eigenvalue weighted by Gasteiger charge is -2.33. The molecule has 6 nitrogen and oxygen atoms in total. The first kappa shape index (κ1) is 24.9. The molecule has 1 fully saturated rings. The van der Waals surface area contributed by atoms with E-state index < -0.39 is 5.82 Å². The standard InChI is InChI=1S/C27H32F2N4O2/c1-19(2)11-12-33(26(34)21-5-4-6-23(29)17-21)18-24-25(20-7-9-22(28)10-8-20)30-35-27(24)32-15-13-31(3)14-16-32/h4-10,17,19H,11-16,18H2,1-3H3.